The van der Waals surface area contributed by atoms with Gasteiger partial charge in [-0.15, -0.1) is 0 Å². The molecule has 0 aromatic heterocycles. The molecule has 2 aliphatic rings. The second-order valence-corrected chi connectivity index (χ2v) is 7.19. The van der Waals surface area contributed by atoms with Crippen molar-refractivity contribution in [1.29, 1.82) is 0 Å². The molecule has 1 atom stereocenters. The second-order valence-electron chi connectivity index (χ2n) is 7.19. The van der Waals surface area contributed by atoms with Crippen molar-refractivity contribution in [3.63, 3.8) is 0 Å². The van der Waals surface area contributed by atoms with Crippen LogP contribution in [0.4, 0.5) is 4.79 Å². The van der Waals surface area contributed by atoms with Crippen LogP contribution in [0.1, 0.15) is 29.9 Å². The number of Topliss-reactive ketones (excluding diaryl/α,β-unsaturated/α-hetero) is 1. The van der Waals surface area contributed by atoms with Crippen molar-refractivity contribution < 1.29 is 24.2 Å². The number of carbonyl (C=O) groups excluding carboxylic acids is 2. The SMILES string of the molecule is O=C(O)C1CCN(C(=O)OCC2c3ccccc3-c3ccccc32)CCC1=O. The third-order valence-electron chi connectivity index (χ3n) is 5.60. The molecule has 144 valence electrons. The van der Waals surface area contributed by atoms with Crippen molar-refractivity contribution in [2.24, 2.45) is 5.92 Å². The molecule has 2 aromatic carbocycles. The molecule has 1 heterocycles. The lowest BCUT2D eigenvalue weighted by Gasteiger charge is -2.21. The average Bonchev–Trinajstić information content (AvgIpc) is 2.87. The molecule has 1 saturated heterocycles. The maximum absolute atomic E-state index is 12.6. The summed E-state index contributed by atoms with van der Waals surface area (Å²) in [5, 5.41) is 9.14. The van der Waals surface area contributed by atoms with Gasteiger partial charge in [0.25, 0.3) is 0 Å². The Balaban J connectivity index is 1.46. The van der Waals surface area contributed by atoms with Gasteiger partial charge in [0.05, 0.1) is 0 Å². The van der Waals surface area contributed by atoms with E-state index in [1.807, 2.05) is 24.3 Å². The molecule has 2 aromatic rings. The number of amides is 1. The Bertz CT molecular complexity index is 893. The number of ether oxygens (including phenoxy) is 1. The molecule has 4 rings (SSSR count). The minimum absolute atomic E-state index is 0.0308. The first-order valence-corrected chi connectivity index (χ1v) is 9.41. The highest BCUT2D eigenvalue weighted by Crippen LogP contribution is 2.44. The Hall–Kier alpha value is -3.15. The lowest BCUT2D eigenvalue weighted by Crippen LogP contribution is -2.33. The standard InChI is InChI=1S/C22H21NO5/c24-20-10-12-23(11-9-18(20)21(25)26)22(27)28-13-19-16-7-3-1-5-14(16)15-6-2-4-8-17(15)19/h1-8,18-19H,9-13H2,(H,25,26). The molecule has 6 nitrogen and oxygen atoms in total. The van der Waals surface area contributed by atoms with Crippen molar-refractivity contribution in [3.05, 3.63) is 59.7 Å². The number of carboxylic acid groups (broad SMARTS) is 1. The average molecular weight is 379 g/mol. The van der Waals surface area contributed by atoms with E-state index in [1.54, 1.807) is 0 Å². The van der Waals surface area contributed by atoms with Crippen LogP contribution in [0, 0.1) is 5.92 Å². The normalized spacial score (nSPS) is 18.9. The van der Waals surface area contributed by atoms with E-state index >= 15 is 0 Å². The minimum Gasteiger partial charge on any atom is -0.481 e. The number of hydrogen-bond donors (Lipinski definition) is 1. The predicted molar refractivity (Wildman–Crippen MR) is 102 cm³/mol. The first-order chi connectivity index (χ1) is 13.6. The molecule has 0 saturated carbocycles. The first-order valence-electron chi connectivity index (χ1n) is 9.41. The van der Waals surface area contributed by atoms with Gasteiger partial charge < -0.3 is 14.7 Å². The van der Waals surface area contributed by atoms with Gasteiger partial charge in [0.1, 0.15) is 18.3 Å². The van der Waals surface area contributed by atoms with E-state index in [1.165, 1.54) is 4.90 Å². The monoisotopic (exact) mass is 379 g/mol. The van der Waals surface area contributed by atoms with Crippen LogP contribution < -0.4 is 0 Å². The van der Waals surface area contributed by atoms with Gasteiger partial charge in [-0.25, -0.2) is 4.79 Å². The van der Waals surface area contributed by atoms with Crippen LogP contribution in [-0.4, -0.2) is 47.5 Å². The summed E-state index contributed by atoms with van der Waals surface area (Å²) in [6.07, 6.45) is -0.333. The van der Waals surface area contributed by atoms with Crippen molar-refractivity contribution in [2.75, 3.05) is 19.7 Å². The third kappa shape index (κ3) is 3.26. The largest absolute Gasteiger partial charge is 0.481 e. The Kier molecular flexibility index (Phi) is 4.86. The third-order valence-corrected chi connectivity index (χ3v) is 5.60. The lowest BCUT2D eigenvalue weighted by molar-refractivity contribution is -0.146. The summed E-state index contributed by atoms with van der Waals surface area (Å²) in [5.41, 5.74) is 4.58. The highest BCUT2D eigenvalue weighted by atomic mass is 16.6. The molecule has 0 radical (unpaired) electrons. The molecule has 1 aliphatic carbocycles. The summed E-state index contributed by atoms with van der Waals surface area (Å²) in [6.45, 7) is 0.609. The van der Waals surface area contributed by atoms with E-state index in [0.29, 0.717) is 0 Å². The van der Waals surface area contributed by atoms with Gasteiger partial charge >= 0.3 is 12.1 Å². The quantitative estimate of drug-likeness (QED) is 0.827. The Morgan fingerprint density at radius 2 is 1.61 bits per heavy atom. The number of carboxylic acids is 1. The van der Waals surface area contributed by atoms with Gasteiger partial charge in [-0.05, 0) is 28.7 Å². The van der Waals surface area contributed by atoms with E-state index in [0.717, 1.165) is 22.3 Å². The molecule has 0 bridgehead atoms. The van der Waals surface area contributed by atoms with E-state index < -0.39 is 18.0 Å². The van der Waals surface area contributed by atoms with Crippen LogP contribution in [0.3, 0.4) is 0 Å². The second kappa shape index (κ2) is 7.46. The number of hydrogen-bond acceptors (Lipinski definition) is 4. The van der Waals surface area contributed by atoms with Crippen molar-refractivity contribution in [3.8, 4) is 11.1 Å². The summed E-state index contributed by atoms with van der Waals surface area (Å²) in [4.78, 5) is 37.1. The molecule has 28 heavy (non-hydrogen) atoms. The number of rotatable bonds is 3. The molecule has 1 N–H and O–H groups in total. The number of nitrogens with zero attached hydrogens (tertiary/aromatic N) is 1. The topological polar surface area (TPSA) is 83.9 Å². The van der Waals surface area contributed by atoms with Gasteiger partial charge in [0, 0.05) is 25.4 Å². The summed E-state index contributed by atoms with van der Waals surface area (Å²) >= 11 is 0. The molecule has 1 unspecified atom stereocenters. The zero-order chi connectivity index (χ0) is 19.7. The molecule has 1 aliphatic heterocycles. The van der Waals surface area contributed by atoms with Gasteiger partial charge in [0.15, 0.2) is 0 Å². The van der Waals surface area contributed by atoms with Crippen LogP contribution in [0.2, 0.25) is 0 Å². The van der Waals surface area contributed by atoms with Crippen LogP contribution in [0.15, 0.2) is 48.5 Å². The first kappa shape index (κ1) is 18.2. The molecule has 6 heteroatoms. The van der Waals surface area contributed by atoms with Crippen LogP contribution in [0.5, 0.6) is 0 Å². The molecular weight excluding hydrogens is 358 g/mol. The maximum atomic E-state index is 12.6. The van der Waals surface area contributed by atoms with Crippen molar-refractivity contribution in [1.82, 2.24) is 4.90 Å². The fourth-order valence-corrected chi connectivity index (χ4v) is 4.11. The van der Waals surface area contributed by atoms with E-state index in [4.69, 9.17) is 9.84 Å². The number of aliphatic carboxylic acids is 1. The van der Waals surface area contributed by atoms with E-state index in [2.05, 4.69) is 24.3 Å². The van der Waals surface area contributed by atoms with Gasteiger partial charge in [-0.1, -0.05) is 48.5 Å². The maximum Gasteiger partial charge on any atom is 0.409 e. The number of carbonyl (C=O) groups is 3. The Morgan fingerprint density at radius 1 is 1.00 bits per heavy atom. The number of ketones is 1. The fraction of sp³-hybridized carbons (Fsp3) is 0.318. The number of benzene rings is 2. The summed E-state index contributed by atoms with van der Waals surface area (Å²) in [6, 6.07) is 16.2. The summed E-state index contributed by atoms with van der Waals surface area (Å²) in [7, 11) is 0. The molecular formula is C22H21NO5. The molecule has 1 amide bonds. The number of likely N-dealkylation sites (tertiary alicyclic amines) is 1. The zero-order valence-corrected chi connectivity index (χ0v) is 15.3. The minimum atomic E-state index is -1.13. The fourth-order valence-electron chi connectivity index (χ4n) is 4.11. The van der Waals surface area contributed by atoms with Crippen molar-refractivity contribution in [2.45, 2.75) is 18.8 Å². The van der Waals surface area contributed by atoms with E-state index in [9.17, 15) is 14.4 Å². The zero-order valence-electron chi connectivity index (χ0n) is 15.3. The van der Waals surface area contributed by atoms with Crippen LogP contribution >= 0.6 is 0 Å². The molecule has 0 spiro atoms. The van der Waals surface area contributed by atoms with Crippen molar-refractivity contribution >= 4 is 17.8 Å². The predicted octanol–water partition coefficient (Wildman–Crippen LogP) is 3.30. The Morgan fingerprint density at radius 3 is 2.21 bits per heavy atom. The molecule has 1 fully saturated rings. The van der Waals surface area contributed by atoms with Crippen LogP contribution in [0.25, 0.3) is 11.1 Å². The van der Waals surface area contributed by atoms with Gasteiger partial charge in [0.2, 0.25) is 0 Å². The number of fused-ring (bicyclic) bond motifs is 3. The lowest BCUT2D eigenvalue weighted by atomic mass is 9.98. The van der Waals surface area contributed by atoms with Crippen LogP contribution in [-0.2, 0) is 14.3 Å². The van der Waals surface area contributed by atoms with E-state index in [-0.39, 0.29) is 44.2 Å². The van der Waals surface area contributed by atoms with Gasteiger partial charge in [-0.2, -0.15) is 0 Å². The summed E-state index contributed by atoms with van der Waals surface area (Å²) in [5.74, 6) is -2.52. The van der Waals surface area contributed by atoms with Gasteiger partial charge in [-0.3, -0.25) is 9.59 Å². The highest BCUT2D eigenvalue weighted by Gasteiger charge is 2.33. The summed E-state index contributed by atoms with van der Waals surface area (Å²) < 4.78 is 5.59. The smallest absolute Gasteiger partial charge is 0.409 e. The Labute approximate surface area is 162 Å². The highest BCUT2D eigenvalue weighted by molar-refractivity contribution is 5.98.